The Labute approximate surface area is 131 Å². The molecule has 1 aromatic carbocycles. The summed E-state index contributed by atoms with van der Waals surface area (Å²) in [6.07, 6.45) is 3.94. The first-order valence-corrected chi connectivity index (χ1v) is 7.79. The van der Waals surface area contributed by atoms with Crippen LogP contribution in [0.2, 0.25) is 0 Å². The first-order chi connectivity index (χ1) is 10.6. The lowest BCUT2D eigenvalue weighted by molar-refractivity contribution is -0.130. The Balaban J connectivity index is 1.86. The van der Waals surface area contributed by atoms with Gasteiger partial charge in [0.15, 0.2) is 5.82 Å². The number of carbonyl (C=O) groups excluding carboxylic acids is 1. The Bertz CT molecular complexity index is 684. The number of likely N-dealkylation sites (tertiary alicyclic amines) is 1. The molecular formula is C18H21N3O. The van der Waals surface area contributed by atoms with E-state index >= 15 is 0 Å². The van der Waals surface area contributed by atoms with Crippen LogP contribution in [0.25, 0.3) is 11.4 Å². The van der Waals surface area contributed by atoms with E-state index in [1.807, 2.05) is 29.3 Å². The second kappa shape index (κ2) is 6.26. The number of rotatable bonds is 2. The minimum Gasteiger partial charge on any atom is -0.342 e. The second-order valence-electron chi connectivity index (χ2n) is 5.98. The van der Waals surface area contributed by atoms with Crippen LogP contribution >= 0.6 is 0 Å². The summed E-state index contributed by atoms with van der Waals surface area (Å²) < 4.78 is 0. The van der Waals surface area contributed by atoms with Gasteiger partial charge in [-0.25, -0.2) is 9.97 Å². The predicted molar refractivity (Wildman–Crippen MR) is 86.4 cm³/mol. The lowest BCUT2D eigenvalue weighted by Gasteiger charge is -2.31. The molecular weight excluding hydrogens is 274 g/mol. The predicted octanol–water partition coefficient (Wildman–Crippen LogP) is 3.18. The first kappa shape index (κ1) is 14.7. The van der Waals surface area contributed by atoms with Crippen LogP contribution in [0, 0.1) is 6.92 Å². The number of hydrogen-bond donors (Lipinski definition) is 0. The van der Waals surface area contributed by atoms with Gasteiger partial charge in [-0.2, -0.15) is 0 Å². The fraction of sp³-hybridized carbons (Fsp3) is 0.389. The molecule has 0 saturated carbocycles. The van der Waals surface area contributed by atoms with Crippen molar-refractivity contribution in [3.8, 4) is 11.4 Å². The van der Waals surface area contributed by atoms with Crippen LogP contribution in [0.5, 0.6) is 0 Å². The van der Waals surface area contributed by atoms with Crippen LogP contribution in [-0.2, 0) is 4.79 Å². The molecule has 1 amide bonds. The maximum absolute atomic E-state index is 11.6. The quantitative estimate of drug-likeness (QED) is 0.855. The lowest BCUT2D eigenvalue weighted by Crippen LogP contribution is -2.37. The number of hydrogen-bond acceptors (Lipinski definition) is 3. The summed E-state index contributed by atoms with van der Waals surface area (Å²) >= 11 is 0. The van der Waals surface area contributed by atoms with Crippen molar-refractivity contribution in [3.63, 3.8) is 0 Å². The largest absolute Gasteiger partial charge is 0.342 e. The molecule has 4 nitrogen and oxygen atoms in total. The molecule has 1 saturated heterocycles. The molecule has 1 aromatic heterocycles. The zero-order valence-corrected chi connectivity index (χ0v) is 13.1. The summed E-state index contributed by atoms with van der Waals surface area (Å²) in [4.78, 5) is 22.7. The van der Waals surface area contributed by atoms with Crippen molar-refractivity contribution < 1.29 is 4.79 Å². The highest BCUT2D eigenvalue weighted by Crippen LogP contribution is 2.27. The SMILES string of the molecule is CC(=O)N1CCC[C@H](c2ccnc(-c3cccc(C)c3)n2)C1. The third kappa shape index (κ3) is 3.16. The van der Waals surface area contributed by atoms with E-state index in [2.05, 4.69) is 24.0 Å². The van der Waals surface area contributed by atoms with Gasteiger partial charge < -0.3 is 4.90 Å². The minimum absolute atomic E-state index is 0.151. The zero-order chi connectivity index (χ0) is 15.5. The first-order valence-electron chi connectivity index (χ1n) is 7.79. The number of benzene rings is 1. The highest BCUT2D eigenvalue weighted by atomic mass is 16.2. The van der Waals surface area contributed by atoms with Gasteiger partial charge in [-0.3, -0.25) is 4.79 Å². The van der Waals surface area contributed by atoms with Gasteiger partial charge >= 0.3 is 0 Å². The number of nitrogens with zero attached hydrogens (tertiary/aromatic N) is 3. The number of aryl methyl sites for hydroxylation is 1. The van der Waals surface area contributed by atoms with E-state index in [0.29, 0.717) is 5.92 Å². The number of carbonyl (C=O) groups is 1. The van der Waals surface area contributed by atoms with E-state index in [0.717, 1.165) is 43.0 Å². The molecule has 1 aliphatic rings. The highest BCUT2D eigenvalue weighted by molar-refractivity contribution is 5.73. The smallest absolute Gasteiger partial charge is 0.219 e. The van der Waals surface area contributed by atoms with Gasteiger partial charge in [0, 0.05) is 43.4 Å². The van der Waals surface area contributed by atoms with Crippen LogP contribution in [0.3, 0.4) is 0 Å². The summed E-state index contributed by atoms with van der Waals surface area (Å²) in [6, 6.07) is 10.2. The van der Waals surface area contributed by atoms with Crippen molar-refractivity contribution in [2.24, 2.45) is 0 Å². The maximum Gasteiger partial charge on any atom is 0.219 e. The Kier molecular flexibility index (Phi) is 4.18. The van der Waals surface area contributed by atoms with Crippen LogP contribution in [-0.4, -0.2) is 33.9 Å². The van der Waals surface area contributed by atoms with Crippen molar-refractivity contribution >= 4 is 5.91 Å². The molecule has 0 aliphatic carbocycles. The number of amides is 1. The van der Waals surface area contributed by atoms with E-state index in [4.69, 9.17) is 4.98 Å². The number of piperidine rings is 1. The van der Waals surface area contributed by atoms with Crippen molar-refractivity contribution in [3.05, 3.63) is 47.8 Å². The van der Waals surface area contributed by atoms with Gasteiger partial charge in [0.2, 0.25) is 5.91 Å². The Morgan fingerprint density at radius 1 is 1.32 bits per heavy atom. The molecule has 4 heteroatoms. The van der Waals surface area contributed by atoms with Crippen LogP contribution in [0.4, 0.5) is 0 Å². The molecule has 0 unspecified atom stereocenters. The standard InChI is InChI=1S/C18H21N3O/c1-13-5-3-6-15(11-13)18-19-9-8-17(20-18)16-7-4-10-21(12-16)14(2)22/h3,5-6,8-9,11,16H,4,7,10,12H2,1-2H3/t16-/m0/s1. The molecule has 0 radical (unpaired) electrons. The summed E-state index contributed by atoms with van der Waals surface area (Å²) in [5, 5.41) is 0. The molecule has 2 aromatic rings. The summed E-state index contributed by atoms with van der Waals surface area (Å²) in [7, 11) is 0. The van der Waals surface area contributed by atoms with Crippen molar-refractivity contribution in [1.82, 2.24) is 14.9 Å². The van der Waals surface area contributed by atoms with E-state index in [-0.39, 0.29) is 5.91 Å². The van der Waals surface area contributed by atoms with Crippen molar-refractivity contribution in [2.45, 2.75) is 32.6 Å². The van der Waals surface area contributed by atoms with Crippen LogP contribution < -0.4 is 0 Å². The normalized spacial score (nSPS) is 18.3. The summed E-state index contributed by atoms with van der Waals surface area (Å²) in [5.41, 5.74) is 3.28. The summed E-state index contributed by atoms with van der Waals surface area (Å²) in [6.45, 7) is 5.33. The minimum atomic E-state index is 0.151. The Hall–Kier alpha value is -2.23. The van der Waals surface area contributed by atoms with E-state index in [1.165, 1.54) is 5.56 Å². The van der Waals surface area contributed by atoms with Gasteiger partial charge in [0.25, 0.3) is 0 Å². The van der Waals surface area contributed by atoms with Gasteiger partial charge in [0.1, 0.15) is 0 Å². The third-order valence-electron chi connectivity index (χ3n) is 4.24. The van der Waals surface area contributed by atoms with Crippen molar-refractivity contribution in [1.29, 1.82) is 0 Å². The van der Waals surface area contributed by atoms with Crippen LogP contribution in [0.15, 0.2) is 36.5 Å². The van der Waals surface area contributed by atoms with Crippen molar-refractivity contribution in [2.75, 3.05) is 13.1 Å². The van der Waals surface area contributed by atoms with E-state index < -0.39 is 0 Å². The van der Waals surface area contributed by atoms with Gasteiger partial charge in [0.05, 0.1) is 0 Å². The Morgan fingerprint density at radius 3 is 2.95 bits per heavy atom. The summed E-state index contributed by atoms with van der Waals surface area (Å²) in [5.74, 6) is 1.23. The van der Waals surface area contributed by atoms with Gasteiger partial charge in [-0.15, -0.1) is 0 Å². The molecule has 114 valence electrons. The molecule has 22 heavy (non-hydrogen) atoms. The fourth-order valence-electron chi connectivity index (χ4n) is 3.03. The number of aromatic nitrogens is 2. The topological polar surface area (TPSA) is 46.1 Å². The molecule has 0 N–H and O–H groups in total. The van der Waals surface area contributed by atoms with E-state index in [1.54, 1.807) is 6.92 Å². The molecule has 1 aliphatic heterocycles. The average molecular weight is 295 g/mol. The van der Waals surface area contributed by atoms with Crippen LogP contribution in [0.1, 0.15) is 36.9 Å². The highest BCUT2D eigenvalue weighted by Gasteiger charge is 2.24. The second-order valence-corrected chi connectivity index (χ2v) is 5.98. The molecule has 2 heterocycles. The zero-order valence-electron chi connectivity index (χ0n) is 13.1. The Morgan fingerprint density at radius 2 is 2.18 bits per heavy atom. The third-order valence-corrected chi connectivity index (χ3v) is 4.24. The monoisotopic (exact) mass is 295 g/mol. The molecule has 1 atom stereocenters. The molecule has 3 rings (SSSR count). The molecule has 0 bridgehead atoms. The van der Waals surface area contributed by atoms with Gasteiger partial charge in [-0.1, -0.05) is 23.8 Å². The fourth-order valence-corrected chi connectivity index (χ4v) is 3.03. The average Bonchev–Trinajstić information content (AvgIpc) is 2.55. The lowest BCUT2D eigenvalue weighted by atomic mass is 9.94. The molecule has 0 spiro atoms. The maximum atomic E-state index is 11.6. The van der Waals surface area contributed by atoms with E-state index in [9.17, 15) is 4.79 Å². The molecule has 1 fully saturated rings. The van der Waals surface area contributed by atoms with Gasteiger partial charge in [-0.05, 0) is 31.9 Å².